The van der Waals surface area contributed by atoms with Crippen LogP contribution in [0.4, 0.5) is 18.9 Å². The van der Waals surface area contributed by atoms with Gasteiger partial charge in [0, 0.05) is 22.3 Å². The molecule has 5 nitrogen and oxygen atoms in total. The smallest absolute Gasteiger partial charge is 0.321 e. The molecule has 0 bridgehead atoms. The molecule has 1 amide bonds. The molecule has 0 aliphatic heterocycles. The fourth-order valence-corrected chi connectivity index (χ4v) is 3.11. The zero-order valence-corrected chi connectivity index (χ0v) is 16.3. The van der Waals surface area contributed by atoms with Gasteiger partial charge < -0.3 is 5.32 Å². The molecule has 0 aliphatic rings. The molecule has 0 saturated heterocycles. The number of rotatable bonds is 3. The summed E-state index contributed by atoms with van der Waals surface area (Å²) in [4.78, 5) is 16.8. The molecule has 2 aromatic heterocycles. The molecule has 0 saturated carbocycles. The maximum Gasteiger partial charge on any atom is 0.433 e. The fraction of sp³-hybridized carbons (Fsp3) is 0.0952. The Labute approximate surface area is 174 Å². The lowest BCUT2D eigenvalue weighted by molar-refractivity contribution is -0.142. The Bertz CT molecular complexity index is 1250. The molecule has 1 N–H and O–H groups in total. The van der Waals surface area contributed by atoms with Crippen molar-refractivity contribution in [2.75, 3.05) is 5.32 Å². The van der Waals surface area contributed by atoms with E-state index in [1.54, 1.807) is 42.5 Å². The average Bonchev–Trinajstić information content (AvgIpc) is 3.11. The number of amides is 1. The van der Waals surface area contributed by atoms with Gasteiger partial charge in [-0.15, -0.1) is 0 Å². The Kier molecular flexibility index (Phi) is 4.95. The van der Waals surface area contributed by atoms with Crippen LogP contribution < -0.4 is 5.32 Å². The van der Waals surface area contributed by atoms with Crippen LogP contribution in [0.3, 0.4) is 0 Å². The molecular weight excluding hydrogens is 417 g/mol. The third-order valence-electron chi connectivity index (χ3n) is 4.38. The van der Waals surface area contributed by atoms with Crippen LogP contribution in [0, 0.1) is 6.92 Å². The Morgan fingerprint density at radius 1 is 1.07 bits per heavy atom. The van der Waals surface area contributed by atoms with Crippen LogP contribution in [-0.4, -0.2) is 20.5 Å². The van der Waals surface area contributed by atoms with Gasteiger partial charge in [0.15, 0.2) is 17.0 Å². The van der Waals surface area contributed by atoms with E-state index >= 15 is 0 Å². The monoisotopic (exact) mass is 430 g/mol. The van der Waals surface area contributed by atoms with Crippen LogP contribution >= 0.6 is 11.6 Å². The second kappa shape index (κ2) is 7.46. The van der Waals surface area contributed by atoms with Crippen molar-refractivity contribution in [2.45, 2.75) is 13.1 Å². The number of hydrogen-bond acceptors (Lipinski definition) is 3. The topological polar surface area (TPSA) is 59.3 Å². The molecule has 0 atom stereocenters. The van der Waals surface area contributed by atoms with Gasteiger partial charge in [-0.1, -0.05) is 47.5 Å². The van der Waals surface area contributed by atoms with Crippen molar-refractivity contribution in [1.82, 2.24) is 14.6 Å². The number of halogens is 4. The van der Waals surface area contributed by atoms with Crippen molar-refractivity contribution in [1.29, 1.82) is 0 Å². The summed E-state index contributed by atoms with van der Waals surface area (Å²) in [6, 6.07) is 15.5. The van der Waals surface area contributed by atoms with Crippen molar-refractivity contribution >= 4 is 28.8 Å². The van der Waals surface area contributed by atoms with Gasteiger partial charge in [-0.2, -0.15) is 18.3 Å². The van der Waals surface area contributed by atoms with Gasteiger partial charge in [-0.3, -0.25) is 4.79 Å². The van der Waals surface area contributed by atoms with E-state index in [0.717, 1.165) is 11.6 Å². The maximum atomic E-state index is 13.7. The summed E-state index contributed by atoms with van der Waals surface area (Å²) in [6.07, 6.45) is -4.69. The van der Waals surface area contributed by atoms with E-state index in [9.17, 15) is 18.0 Å². The molecule has 2 heterocycles. The lowest BCUT2D eigenvalue weighted by atomic mass is 10.1. The molecule has 2 aromatic carbocycles. The van der Waals surface area contributed by atoms with Crippen molar-refractivity contribution in [3.63, 3.8) is 0 Å². The maximum absolute atomic E-state index is 13.7. The SMILES string of the molecule is Cc1ccc(-c2cc(C(F)(F)F)n3nc(C(=O)Nc4cccc(Cl)c4)cc3n2)cc1. The third kappa shape index (κ3) is 3.99. The number of nitrogens with one attached hydrogen (secondary N) is 1. The molecule has 0 fully saturated rings. The molecule has 9 heteroatoms. The van der Waals surface area contributed by atoms with Gasteiger partial charge in [0.05, 0.1) is 5.69 Å². The van der Waals surface area contributed by atoms with Gasteiger partial charge in [0.1, 0.15) is 0 Å². The largest absolute Gasteiger partial charge is 0.433 e. The fourth-order valence-electron chi connectivity index (χ4n) is 2.92. The van der Waals surface area contributed by atoms with Crippen molar-refractivity contribution in [3.8, 4) is 11.3 Å². The predicted molar refractivity (Wildman–Crippen MR) is 108 cm³/mol. The lowest BCUT2D eigenvalue weighted by Gasteiger charge is -2.11. The summed E-state index contributed by atoms with van der Waals surface area (Å²) in [5, 5.41) is 6.81. The van der Waals surface area contributed by atoms with Gasteiger partial charge in [0.25, 0.3) is 5.91 Å². The summed E-state index contributed by atoms with van der Waals surface area (Å²) in [5.41, 5.74) is 0.723. The second-order valence-corrected chi connectivity index (χ2v) is 7.09. The first-order valence-corrected chi connectivity index (χ1v) is 9.20. The Morgan fingerprint density at radius 3 is 2.47 bits per heavy atom. The van der Waals surface area contributed by atoms with E-state index in [4.69, 9.17) is 11.6 Å². The van der Waals surface area contributed by atoms with Crippen LogP contribution in [0.25, 0.3) is 16.9 Å². The molecular formula is C21H14ClF3N4O. The number of carbonyl (C=O) groups is 1. The van der Waals surface area contributed by atoms with E-state index in [1.165, 1.54) is 12.1 Å². The van der Waals surface area contributed by atoms with Crippen LogP contribution in [-0.2, 0) is 6.18 Å². The molecule has 30 heavy (non-hydrogen) atoms. The van der Waals surface area contributed by atoms with Crippen LogP contribution in [0.2, 0.25) is 5.02 Å². The summed E-state index contributed by atoms with van der Waals surface area (Å²) >= 11 is 5.89. The molecule has 0 radical (unpaired) electrons. The minimum Gasteiger partial charge on any atom is -0.321 e. The number of hydrogen-bond donors (Lipinski definition) is 1. The van der Waals surface area contributed by atoms with Gasteiger partial charge in [-0.25, -0.2) is 9.50 Å². The van der Waals surface area contributed by atoms with Gasteiger partial charge in [-0.05, 0) is 31.2 Å². The summed E-state index contributed by atoms with van der Waals surface area (Å²) in [7, 11) is 0. The zero-order valence-electron chi connectivity index (χ0n) is 15.5. The Hall–Kier alpha value is -3.39. The van der Waals surface area contributed by atoms with E-state index in [2.05, 4.69) is 15.4 Å². The first-order chi connectivity index (χ1) is 14.2. The molecule has 4 rings (SSSR count). The highest BCUT2D eigenvalue weighted by Crippen LogP contribution is 2.32. The first-order valence-electron chi connectivity index (χ1n) is 8.83. The Morgan fingerprint density at radius 2 is 1.80 bits per heavy atom. The number of alkyl halides is 3. The molecule has 152 valence electrons. The van der Waals surface area contributed by atoms with Gasteiger partial charge >= 0.3 is 6.18 Å². The van der Waals surface area contributed by atoms with E-state index in [0.29, 0.717) is 20.8 Å². The zero-order chi connectivity index (χ0) is 21.5. The molecule has 0 aliphatic carbocycles. The number of benzene rings is 2. The highest BCUT2D eigenvalue weighted by atomic mass is 35.5. The normalized spacial score (nSPS) is 11.6. The highest BCUT2D eigenvalue weighted by Gasteiger charge is 2.35. The second-order valence-electron chi connectivity index (χ2n) is 6.65. The number of anilines is 1. The number of nitrogens with zero attached hydrogens (tertiary/aromatic N) is 3. The standard InChI is InChI=1S/C21H14ClF3N4O/c1-12-5-7-13(8-6-12)16-10-18(21(23,24)25)29-19(27-16)11-17(28-29)20(30)26-15-4-2-3-14(22)9-15/h2-11H,1H3,(H,26,30). The third-order valence-corrected chi connectivity index (χ3v) is 4.62. The van der Waals surface area contributed by atoms with E-state index < -0.39 is 17.8 Å². The number of carbonyl (C=O) groups excluding carboxylic acids is 1. The van der Waals surface area contributed by atoms with Crippen molar-refractivity contribution < 1.29 is 18.0 Å². The summed E-state index contributed by atoms with van der Waals surface area (Å²) in [6.45, 7) is 1.88. The van der Waals surface area contributed by atoms with Crippen LogP contribution in [0.1, 0.15) is 21.7 Å². The van der Waals surface area contributed by atoms with E-state index in [-0.39, 0.29) is 17.0 Å². The first kappa shape index (κ1) is 19.9. The lowest BCUT2D eigenvalue weighted by Crippen LogP contribution is -2.15. The van der Waals surface area contributed by atoms with Gasteiger partial charge in [0.2, 0.25) is 0 Å². The average molecular weight is 431 g/mol. The minimum absolute atomic E-state index is 0.0864. The van der Waals surface area contributed by atoms with E-state index in [1.807, 2.05) is 6.92 Å². The summed E-state index contributed by atoms with van der Waals surface area (Å²) < 4.78 is 41.7. The number of aromatic nitrogens is 3. The van der Waals surface area contributed by atoms with Crippen LogP contribution in [0.15, 0.2) is 60.7 Å². The van der Waals surface area contributed by atoms with Crippen molar-refractivity contribution in [3.05, 3.63) is 82.6 Å². The quantitative estimate of drug-likeness (QED) is 0.458. The molecule has 0 spiro atoms. The Balaban J connectivity index is 1.78. The highest BCUT2D eigenvalue weighted by molar-refractivity contribution is 6.30. The number of fused-ring (bicyclic) bond motifs is 1. The van der Waals surface area contributed by atoms with Crippen LogP contribution in [0.5, 0.6) is 0 Å². The van der Waals surface area contributed by atoms with Crippen molar-refractivity contribution in [2.24, 2.45) is 0 Å². The summed E-state index contributed by atoms with van der Waals surface area (Å²) in [5.74, 6) is -0.673. The predicted octanol–water partition coefficient (Wildman–Crippen LogP) is 5.63. The molecule has 4 aromatic rings. The minimum atomic E-state index is -4.69. The number of aryl methyl sites for hydroxylation is 1. The molecule has 0 unspecified atom stereocenters.